The van der Waals surface area contributed by atoms with Crippen molar-refractivity contribution in [2.75, 3.05) is 0 Å². The van der Waals surface area contributed by atoms with Gasteiger partial charge in [-0.2, -0.15) is 0 Å². The number of benzene rings is 1. The first-order valence-electron chi connectivity index (χ1n) is 7.12. The van der Waals surface area contributed by atoms with Gasteiger partial charge in [-0.15, -0.1) is 5.10 Å². The van der Waals surface area contributed by atoms with Gasteiger partial charge in [0.15, 0.2) is 10.5 Å². The first kappa shape index (κ1) is 16.6. The number of hydrogen-bond donors (Lipinski definition) is 1. The molecule has 0 bridgehead atoms. The normalized spacial score (nSPS) is 16.9. The lowest BCUT2D eigenvalue weighted by molar-refractivity contribution is -0.129. The van der Waals surface area contributed by atoms with Crippen molar-refractivity contribution in [1.29, 1.82) is 0 Å². The molecule has 1 N–H and O–H groups in total. The second-order valence-corrected chi connectivity index (χ2v) is 6.64. The lowest BCUT2D eigenvalue weighted by atomic mass is 10.2. The van der Waals surface area contributed by atoms with Crippen LogP contribution in [0.2, 0.25) is 5.02 Å². The van der Waals surface area contributed by atoms with E-state index in [0.717, 1.165) is 5.56 Å². The van der Waals surface area contributed by atoms with E-state index in [9.17, 15) is 9.59 Å². The van der Waals surface area contributed by atoms with E-state index in [-0.39, 0.29) is 11.8 Å². The predicted molar refractivity (Wildman–Crippen MR) is 93.3 cm³/mol. The van der Waals surface area contributed by atoms with Gasteiger partial charge in [-0.25, -0.2) is 5.01 Å². The third-order valence-corrected chi connectivity index (χ3v) is 4.53. The van der Waals surface area contributed by atoms with Gasteiger partial charge in [0.1, 0.15) is 11.5 Å². The number of thioether (sulfide) groups is 1. The van der Waals surface area contributed by atoms with Crippen LogP contribution in [0.5, 0.6) is 0 Å². The van der Waals surface area contributed by atoms with Crippen LogP contribution in [0.25, 0.3) is 11.3 Å². The van der Waals surface area contributed by atoms with Crippen molar-refractivity contribution in [3.05, 3.63) is 47.2 Å². The molecule has 0 saturated heterocycles. The summed E-state index contributed by atoms with van der Waals surface area (Å²) >= 11 is 7.25. The number of nitrogens with zero attached hydrogens (tertiary/aromatic N) is 2. The van der Waals surface area contributed by atoms with Crippen molar-refractivity contribution in [2.24, 2.45) is 5.10 Å². The zero-order valence-electron chi connectivity index (χ0n) is 12.9. The number of hydrogen-bond acceptors (Lipinski definition) is 5. The van der Waals surface area contributed by atoms with Gasteiger partial charge in [-0.05, 0) is 24.3 Å². The molecule has 0 spiro atoms. The summed E-state index contributed by atoms with van der Waals surface area (Å²) in [5.74, 6) is 0.719. The molecule has 0 saturated carbocycles. The van der Waals surface area contributed by atoms with Gasteiger partial charge in [-0.3, -0.25) is 9.59 Å². The van der Waals surface area contributed by atoms with E-state index in [2.05, 4.69) is 10.4 Å². The average Bonchev–Trinajstić information content (AvgIpc) is 3.13. The first-order chi connectivity index (χ1) is 11.4. The Morgan fingerprint density at radius 3 is 2.75 bits per heavy atom. The van der Waals surface area contributed by atoms with Crippen LogP contribution in [0.1, 0.15) is 25.0 Å². The molecular weight excluding hydrogens is 350 g/mol. The van der Waals surface area contributed by atoms with Gasteiger partial charge in [-0.1, -0.05) is 35.5 Å². The molecule has 1 aliphatic rings. The third kappa shape index (κ3) is 3.47. The van der Waals surface area contributed by atoms with Crippen LogP contribution < -0.4 is 5.32 Å². The minimum Gasteiger partial charge on any atom is -0.458 e. The molecule has 24 heavy (non-hydrogen) atoms. The summed E-state index contributed by atoms with van der Waals surface area (Å²) < 4.78 is 5.88. The van der Waals surface area contributed by atoms with Gasteiger partial charge in [0.05, 0.1) is 0 Å². The SMILES string of the molecule is CC(=O)NC1=NN(C(C)=O)[C@@H](c2ccc(-c3cccc(Cl)c3)o2)S1. The summed E-state index contributed by atoms with van der Waals surface area (Å²) in [5, 5.41) is 8.53. The molecule has 1 aliphatic heterocycles. The largest absolute Gasteiger partial charge is 0.458 e. The minimum atomic E-state index is -0.461. The fourth-order valence-corrected chi connectivity index (χ4v) is 3.51. The zero-order valence-corrected chi connectivity index (χ0v) is 14.5. The molecule has 0 fully saturated rings. The van der Waals surface area contributed by atoms with Crippen molar-refractivity contribution in [2.45, 2.75) is 19.2 Å². The summed E-state index contributed by atoms with van der Waals surface area (Å²) in [6, 6.07) is 10.9. The van der Waals surface area contributed by atoms with Crippen LogP contribution >= 0.6 is 23.4 Å². The number of amidine groups is 1. The second-order valence-electron chi connectivity index (χ2n) is 5.13. The van der Waals surface area contributed by atoms with Crippen LogP contribution in [0.3, 0.4) is 0 Å². The van der Waals surface area contributed by atoms with Crippen molar-refractivity contribution in [3.8, 4) is 11.3 Å². The molecule has 8 heteroatoms. The third-order valence-electron chi connectivity index (χ3n) is 3.23. The lowest BCUT2D eigenvalue weighted by Gasteiger charge is -2.16. The van der Waals surface area contributed by atoms with Crippen LogP contribution in [0, 0.1) is 0 Å². The summed E-state index contributed by atoms with van der Waals surface area (Å²) in [7, 11) is 0. The van der Waals surface area contributed by atoms with E-state index in [0.29, 0.717) is 21.7 Å². The fourth-order valence-electron chi connectivity index (χ4n) is 2.23. The van der Waals surface area contributed by atoms with E-state index in [1.54, 1.807) is 18.2 Å². The number of amides is 2. The highest BCUT2D eigenvalue weighted by Crippen LogP contribution is 2.40. The van der Waals surface area contributed by atoms with Crippen LogP contribution in [-0.2, 0) is 9.59 Å². The molecule has 0 unspecified atom stereocenters. The number of halogens is 1. The second kappa shape index (κ2) is 6.70. The molecule has 2 amide bonds. The van der Waals surface area contributed by atoms with Crippen molar-refractivity contribution >= 4 is 40.3 Å². The molecule has 0 radical (unpaired) electrons. The molecule has 1 aromatic heterocycles. The predicted octanol–water partition coefficient (Wildman–Crippen LogP) is 3.60. The summed E-state index contributed by atoms with van der Waals surface area (Å²) in [5.41, 5.74) is 0.842. The van der Waals surface area contributed by atoms with Crippen molar-refractivity contribution in [3.63, 3.8) is 0 Å². The van der Waals surface area contributed by atoms with E-state index >= 15 is 0 Å². The quantitative estimate of drug-likeness (QED) is 0.884. The Morgan fingerprint density at radius 2 is 2.08 bits per heavy atom. The first-order valence-corrected chi connectivity index (χ1v) is 8.38. The van der Waals surface area contributed by atoms with Crippen LogP contribution in [0.4, 0.5) is 0 Å². The topological polar surface area (TPSA) is 74.9 Å². The van der Waals surface area contributed by atoms with Gasteiger partial charge in [0, 0.05) is 24.4 Å². The Morgan fingerprint density at radius 1 is 1.29 bits per heavy atom. The van der Waals surface area contributed by atoms with Crippen LogP contribution in [-0.4, -0.2) is 22.0 Å². The van der Waals surface area contributed by atoms with Gasteiger partial charge < -0.3 is 9.73 Å². The minimum absolute atomic E-state index is 0.242. The molecule has 0 aliphatic carbocycles. The van der Waals surface area contributed by atoms with E-state index in [4.69, 9.17) is 16.0 Å². The Hall–Kier alpha value is -2.25. The van der Waals surface area contributed by atoms with E-state index < -0.39 is 5.37 Å². The highest BCUT2D eigenvalue weighted by atomic mass is 35.5. The molecule has 1 atom stereocenters. The Balaban J connectivity index is 1.86. The fraction of sp³-hybridized carbons (Fsp3) is 0.188. The maximum absolute atomic E-state index is 11.8. The summed E-state index contributed by atoms with van der Waals surface area (Å²) in [4.78, 5) is 23.0. The van der Waals surface area contributed by atoms with Gasteiger partial charge in [0.25, 0.3) is 0 Å². The number of nitrogens with one attached hydrogen (secondary N) is 1. The van der Waals surface area contributed by atoms with E-state index in [1.807, 2.05) is 18.2 Å². The van der Waals surface area contributed by atoms with Gasteiger partial charge >= 0.3 is 0 Å². The van der Waals surface area contributed by atoms with Crippen molar-refractivity contribution < 1.29 is 14.0 Å². The lowest BCUT2D eigenvalue weighted by Crippen LogP contribution is -2.25. The monoisotopic (exact) mass is 363 g/mol. The Labute approximate surface area is 147 Å². The van der Waals surface area contributed by atoms with Crippen molar-refractivity contribution in [1.82, 2.24) is 10.3 Å². The molecule has 124 valence electrons. The maximum Gasteiger partial charge on any atom is 0.241 e. The number of carbonyl (C=O) groups excluding carboxylic acids is 2. The number of hydrazone groups is 1. The zero-order chi connectivity index (χ0) is 17.3. The highest BCUT2D eigenvalue weighted by molar-refractivity contribution is 8.14. The number of furan rings is 1. The smallest absolute Gasteiger partial charge is 0.241 e. The standard InChI is InChI=1S/C16H14ClN3O3S/c1-9(21)18-16-19-20(10(2)22)15(24-16)14-7-6-13(23-14)11-4-3-5-12(17)8-11/h3-8,15H,1-2H3,(H,18,19,21)/t15-/m1/s1. The Kier molecular flexibility index (Phi) is 4.64. The Bertz CT molecular complexity index is 833. The van der Waals surface area contributed by atoms with E-state index in [1.165, 1.54) is 30.6 Å². The molecule has 2 heterocycles. The summed E-state index contributed by atoms with van der Waals surface area (Å²) in [6.07, 6.45) is 0. The number of carbonyl (C=O) groups is 2. The number of rotatable bonds is 2. The molecule has 2 aromatic rings. The average molecular weight is 364 g/mol. The highest BCUT2D eigenvalue weighted by Gasteiger charge is 2.34. The van der Waals surface area contributed by atoms with Crippen LogP contribution in [0.15, 0.2) is 45.9 Å². The molecular formula is C16H14ClN3O3S. The van der Waals surface area contributed by atoms with Gasteiger partial charge in [0.2, 0.25) is 11.8 Å². The molecule has 3 rings (SSSR count). The summed E-state index contributed by atoms with van der Waals surface area (Å²) in [6.45, 7) is 2.80. The molecule has 1 aromatic carbocycles. The molecule has 6 nitrogen and oxygen atoms in total. The maximum atomic E-state index is 11.8.